The molecule has 0 aliphatic heterocycles. The summed E-state index contributed by atoms with van der Waals surface area (Å²) in [6.07, 6.45) is 0.432. The monoisotopic (exact) mass is 219 g/mol. The summed E-state index contributed by atoms with van der Waals surface area (Å²) < 4.78 is 4.96. The van der Waals surface area contributed by atoms with Crippen molar-refractivity contribution in [2.75, 3.05) is 0 Å². The number of nitro groups is 1. The van der Waals surface area contributed by atoms with Gasteiger partial charge in [0, 0.05) is 17.7 Å². The van der Waals surface area contributed by atoms with E-state index in [1.807, 2.05) is 0 Å². The van der Waals surface area contributed by atoms with Crippen LogP contribution in [-0.2, 0) is 0 Å². The van der Waals surface area contributed by atoms with E-state index in [1.54, 1.807) is 0 Å². The summed E-state index contributed by atoms with van der Waals surface area (Å²) in [5.74, 6) is 0.0188. The highest BCUT2D eigenvalue weighted by Gasteiger charge is 2.10. The second-order valence-electron chi connectivity index (χ2n) is 2.87. The molecule has 0 radical (unpaired) electrons. The summed E-state index contributed by atoms with van der Waals surface area (Å²) in [5.41, 5.74) is 0.491. The predicted molar refractivity (Wildman–Crippen MR) is 51.8 cm³/mol. The van der Waals surface area contributed by atoms with E-state index < -0.39 is 4.92 Å². The van der Waals surface area contributed by atoms with Crippen LogP contribution in [0.1, 0.15) is 10.7 Å². The first-order valence-electron chi connectivity index (χ1n) is 4.24. The van der Waals surface area contributed by atoms with Gasteiger partial charge < -0.3 is 4.42 Å². The van der Waals surface area contributed by atoms with Crippen LogP contribution in [0.25, 0.3) is 11.5 Å². The van der Waals surface area contributed by atoms with Crippen molar-refractivity contribution in [1.29, 1.82) is 0 Å². The lowest BCUT2D eigenvalue weighted by atomic mass is 10.2. The molecule has 0 bridgehead atoms. The second-order valence-corrected chi connectivity index (χ2v) is 2.87. The molecule has 2 rings (SSSR count). The van der Waals surface area contributed by atoms with Crippen molar-refractivity contribution in [3.05, 3.63) is 40.3 Å². The third-order valence-electron chi connectivity index (χ3n) is 1.87. The number of rotatable bonds is 3. The van der Waals surface area contributed by atoms with Crippen molar-refractivity contribution in [2.45, 2.75) is 0 Å². The third-order valence-corrected chi connectivity index (χ3v) is 1.87. The highest BCUT2D eigenvalue weighted by Crippen LogP contribution is 2.20. The van der Waals surface area contributed by atoms with E-state index in [4.69, 9.17) is 4.42 Å². The Morgan fingerprint density at radius 2 is 1.94 bits per heavy atom. The number of nitrogens with zero attached hydrogens (tertiary/aromatic N) is 3. The van der Waals surface area contributed by atoms with Crippen LogP contribution >= 0.6 is 0 Å². The second kappa shape index (κ2) is 3.89. The lowest BCUT2D eigenvalue weighted by Gasteiger charge is -1.93. The van der Waals surface area contributed by atoms with E-state index in [0.717, 1.165) is 0 Å². The van der Waals surface area contributed by atoms with Gasteiger partial charge in [-0.05, 0) is 12.1 Å². The van der Waals surface area contributed by atoms with Crippen LogP contribution in [-0.4, -0.2) is 21.4 Å². The van der Waals surface area contributed by atoms with Gasteiger partial charge in [0.05, 0.1) is 4.92 Å². The molecule has 7 nitrogen and oxygen atoms in total. The molecule has 16 heavy (non-hydrogen) atoms. The number of hydrogen-bond donors (Lipinski definition) is 0. The average molecular weight is 219 g/mol. The Balaban J connectivity index is 2.34. The van der Waals surface area contributed by atoms with Crippen molar-refractivity contribution < 1.29 is 14.1 Å². The maximum Gasteiger partial charge on any atom is 0.280 e. The number of carbonyl (C=O) groups excluding carboxylic acids is 1. The number of nitro benzene ring substituents is 1. The smallest absolute Gasteiger partial charge is 0.280 e. The first kappa shape index (κ1) is 9.97. The van der Waals surface area contributed by atoms with Gasteiger partial charge in [-0.1, -0.05) is 0 Å². The summed E-state index contributed by atoms with van der Waals surface area (Å²) in [6.45, 7) is 0. The standard InChI is InChI=1S/C9H5N3O4/c13-5-8-10-11-9(16-8)6-1-3-7(4-2-6)12(14)15/h1-5H. The largest absolute Gasteiger partial charge is 0.414 e. The average Bonchev–Trinajstić information content (AvgIpc) is 2.77. The summed E-state index contributed by atoms with van der Waals surface area (Å²) in [5, 5.41) is 17.5. The molecular formula is C9H5N3O4. The lowest BCUT2D eigenvalue weighted by molar-refractivity contribution is -0.384. The molecule has 0 fully saturated rings. The Bertz CT molecular complexity index is 532. The van der Waals surface area contributed by atoms with Gasteiger partial charge >= 0.3 is 0 Å². The van der Waals surface area contributed by atoms with Crippen LogP contribution in [0.4, 0.5) is 5.69 Å². The zero-order valence-corrected chi connectivity index (χ0v) is 7.86. The minimum Gasteiger partial charge on any atom is -0.414 e. The number of aromatic nitrogens is 2. The van der Waals surface area contributed by atoms with Crippen LogP contribution in [0.2, 0.25) is 0 Å². The molecule has 7 heteroatoms. The van der Waals surface area contributed by atoms with Gasteiger partial charge in [0.1, 0.15) is 0 Å². The minimum absolute atomic E-state index is 0.0288. The molecule has 0 spiro atoms. The van der Waals surface area contributed by atoms with Gasteiger partial charge in [0.25, 0.3) is 11.6 Å². The lowest BCUT2D eigenvalue weighted by Crippen LogP contribution is -1.87. The Morgan fingerprint density at radius 3 is 2.44 bits per heavy atom. The number of aldehydes is 1. The minimum atomic E-state index is -0.506. The Hall–Kier alpha value is -2.57. The molecule has 1 aromatic carbocycles. The summed E-state index contributed by atoms with van der Waals surface area (Å²) in [7, 11) is 0. The molecule has 0 N–H and O–H groups in total. The van der Waals surface area contributed by atoms with E-state index in [0.29, 0.717) is 11.8 Å². The van der Waals surface area contributed by atoms with Crippen LogP contribution in [0.5, 0.6) is 0 Å². The van der Waals surface area contributed by atoms with Crippen LogP contribution < -0.4 is 0 Å². The molecule has 0 saturated heterocycles. The van der Waals surface area contributed by atoms with Gasteiger partial charge in [-0.2, -0.15) is 0 Å². The van der Waals surface area contributed by atoms with E-state index in [2.05, 4.69) is 10.2 Å². The highest BCUT2D eigenvalue weighted by molar-refractivity contribution is 5.68. The normalized spacial score (nSPS) is 10.0. The molecule has 2 aromatic rings. The van der Waals surface area contributed by atoms with E-state index in [-0.39, 0.29) is 17.5 Å². The fraction of sp³-hybridized carbons (Fsp3) is 0. The molecular weight excluding hydrogens is 214 g/mol. The summed E-state index contributed by atoms with van der Waals surface area (Å²) in [4.78, 5) is 20.2. The van der Waals surface area contributed by atoms with Crippen LogP contribution in [0.15, 0.2) is 28.7 Å². The zero-order valence-electron chi connectivity index (χ0n) is 7.86. The van der Waals surface area contributed by atoms with Gasteiger partial charge in [-0.3, -0.25) is 14.9 Å². The van der Waals surface area contributed by atoms with E-state index in [1.165, 1.54) is 24.3 Å². The number of non-ortho nitro benzene ring substituents is 1. The third kappa shape index (κ3) is 1.78. The molecule has 1 heterocycles. The van der Waals surface area contributed by atoms with Crippen molar-refractivity contribution >= 4 is 12.0 Å². The SMILES string of the molecule is O=Cc1nnc(-c2ccc([N+](=O)[O-])cc2)o1. The first-order valence-corrected chi connectivity index (χ1v) is 4.24. The molecule has 80 valence electrons. The maximum atomic E-state index is 10.4. The highest BCUT2D eigenvalue weighted by atomic mass is 16.6. The molecule has 0 amide bonds. The maximum absolute atomic E-state index is 10.4. The number of hydrogen-bond acceptors (Lipinski definition) is 6. The van der Waals surface area contributed by atoms with E-state index >= 15 is 0 Å². The van der Waals surface area contributed by atoms with Gasteiger partial charge in [-0.15, -0.1) is 10.2 Å². The quantitative estimate of drug-likeness (QED) is 0.440. The van der Waals surface area contributed by atoms with Gasteiger partial charge in [0.2, 0.25) is 12.2 Å². The molecule has 0 saturated carbocycles. The molecule has 0 unspecified atom stereocenters. The van der Waals surface area contributed by atoms with Crippen molar-refractivity contribution in [2.24, 2.45) is 0 Å². The Morgan fingerprint density at radius 1 is 1.25 bits per heavy atom. The topological polar surface area (TPSA) is 99.1 Å². The van der Waals surface area contributed by atoms with Crippen molar-refractivity contribution in [3.63, 3.8) is 0 Å². The molecule has 0 atom stereocenters. The van der Waals surface area contributed by atoms with Gasteiger partial charge in [-0.25, -0.2) is 0 Å². The van der Waals surface area contributed by atoms with Crippen molar-refractivity contribution in [1.82, 2.24) is 10.2 Å². The van der Waals surface area contributed by atoms with E-state index in [9.17, 15) is 14.9 Å². The predicted octanol–water partition coefficient (Wildman–Crippen LogP) is 1.46. The number of carbonyl (C=O) groups is 1. The summed E-state index contributed by atoms with van der Waals surface area (Å²) >= 11 is 0. The fourth-order valence-corrected chi connectivity index (χ4v) is 1.12. The summed E-state index contributed by atoms with van der Waals surface area (Å²) in [6, 6.07) is 5.58. The zero-order chi connectivity index (χ0) is 11.5. The van der Waals surface area contributed by atoms with Crippen molar-refractivity contribution in [3.8, 4) is 11.5 Å². The Kier molecular flexibility index (Phi) is 2.42. The number of benzene rings is 1. The van der Waals surface area contributed by atoms with Crippen LogP contribution in [0.3, 0.4) is 0 Å². The van der Waals surface area contributed by atoms with Crippen LogP contribution in [0, 0.1) is 10.1 Å². The molecule has 0 aliphatic rings. The first-order chi connectivity index (χ1) is 7.70. The Labute approximate surface area is 88.9 Å². The van der Waals surface area contributed by atoms with Gasteiger partial charge in [0.15, 0.2) is 0 Å². The molecule has 1 aromatic heterocycles. The fourth-order valence-electron chi connectivity index (χ4n) is 1.12. The molecule has 0 aliphatic carbocycles.